The normalized spacial score (nSPS) is 20.8. The van der Waals surface area contributed by atoms with Gasteiger partial charge in [0.1, 0.15) is 5.66 Å². The summed E-state index contributed by atoms with van der Waals surface area (Å²) in [5.74, 6) is 0. The Morgan fingerprint density at radius 3 is 2.32 bits per heavy atom. The molecule has 0 saturated carbocycles. The maximum Gasteiger partial charge on any atom is 0.137 e. The number of hydrogen-bond donors (Lipinski definition) is 0. The van der Waals surface area contributed by atoms with Gasteiger partial charge in [0.2, 0.25) is 0 Å². The topological polar surface area (TPSA) is 15.6 Å². The van der Waals surface area contributed by atoms with Gasteiger partial charge in [-0.1, -0.05) is 48.5 Å². The molecule has 2 aromatic rings. The Kier molecular flexibility index (Phi) is 2.96. The molecule has 3 rings (SSSR count). The molecule has 2 nitrogen and oxygen atoms in total. The SMILES string of the molecule is CN(C)C1(Cc2ccccc2)C=c2ccccc2=N1. The van der Waals surface area contributed by atoms with Crippen LogP contribution in [0.25, 0.3) is 6.08 Å². The molecule has 1 aliphatic rings. The molecule has 0 spiro atoms. The molecule has 1 aliphatic heterocycles. The summed E-state index contributed by atoms with van der Waals surface area (Å²) in [4.78, 5) is 7.14. The molecule has 0 aliphatic carbocycles. The molecule has 19 heavy (non-hydrogen) atoms. The number of hydrogen-bond acceptors (Lipinski definition) is 2. The lowest BCUT2D eigenvalue weighted by molar-refractivity contribution is 0.233. The average Bonchev–Trinajstić information content (AvgIpc) is 2.79. The van der Waals surface area contributed by atoms with Crippen LogP contribution < -0.4 is 10.6 Å². The largest absolute Gasteiger partial charge is 0.282 e. The van der Waals surface area contributed by atoms with Gasteiger partial charge in [-0.2, -0.15) is 0 Å². The number of benzene rings is 2. The molecule has 0 radical (unpaired) electrons. The molecule has 0 fully saturated rings. The van der Waals surface area contributed by atoms with Crippen LogP contribution >= 0.6 is 0 Å². The van der Waals surface area contributed by atoms with Gasteiger partial charge in [-0.05, 0) is 37.0 Å². The van der Waals surface area contributed by atoms with Crippen LogP contribution in [0.3, 0.4) is 0 Å². The van der Waals surface area contributed by atoms with E-state index in [0.717, 1.165) is 11.8 Å². The van der Waals surface area contributed by atoms with Crippen molar-refractivity contribution < 1.29 is 0 Å². The van der Waals surface area contributed by atoms with Gasteiger partial charge in [-0.25, -0.2) is 0 Å². The van der Waals surface area contributed by atoms with Crippen LogP contribution in [-0.2, 0) is 6.42 Å². The van der Waals surface area contributed by atoms with E-state index in [1.807, 2.05) is 6.07 Å². The van der Waals surface area contributed by atoms with Gasteiger partial charge < -0.3 is 0 Å². The van der Waals surface area contributed by atoms with E-state index in [-0.39, 0.29) is 5.66 Å². The van der Waals surface area contributed by atoms with Gasteiger partial charge in [0.25, 0.3) is 0 Å². The zero-order chi connectivity index (χ0) is 13.3. The Hall–Kier alpha value is -1.93. The highest BCUT2D eigenvalue weighted by Crippen LogP contribution is 2.23. The van der Waals surface area contributed by atoms with Crippen molar-refractivity contribution in [1.29, 1.82) is 0 Å². The minimum Gasteiger partial charge on any atom is -0.282 e. The zero-order valence-corrected chi connectivity index (χ0v) is 11.4. The third-order valence-electron chi connectivity index (χ3n) is 3.72. The van der Waals surface area contributed by atoms with Gasteiger partial charge in [0.15, 0.2) is 0 Å². The molecule has 2 heteroatoms. The Balaban J connectivity index is 2.06. The first-order valence-corrected chi connectivity index (χ1v) is 6.59. The van der Waals surface area contributed by atoms with E-state index in [4.69, 9.17) is 4.99 Å². The minimum atomic E-state index is -0.259. The number of rotatable bonds is 3. The summed E-state index contributed by atoms with van der Waals surface area (Å²) in [7, 11) is 4.18. The van der Waals surface area contributed by atoms with Crippen molar-refractivity contribution >= 4 is 6.08 Å². The van der Waals surface area contributed by atoms with Gasteiger partial charge in [0, 0.05) is 6.42 Å². The first kappa shape index (κ1) is 12.1. The van der Waals surface area contributed by atoms with Crippen molar-refractivity contribution in [3.8, 4) is 0 Å². The maximum atomic E-state index is 4.95. The van der Waals surface area contributed by atoms with Crippen molar-refractivity contribution in [2.75, 3.05) is 14.1 Å². The Labute approximate surface area is 113 Å². The van der Waals surface area contributed by atoms with Crippen LogP contribution in [-0.4, -0.2) is 24.7 Å². The summed E-state index contributed by atoms with van der Waals surface area (Å²) >= 11 is 0. The molecule has 0 amide bonds. The molecule has 1 heterocycles. The van der Waals surface area contributed by atoms with Crippen LogP contribution in [0.2, 0.25) is 0 Å². The first-order chi connectivity index (χ1) is 9.20. The van der Waals surface area contributed by atoms with Crippen LogP contribution in [0.1, 0.15) is 5.56 Å². The second kappa shape index (κ2) is 4.63. The standard InChI is InChI=1S/C17H18N2/c1-19(2)17(12-14-8-4-3-5-9-14)13-15-10-6-7-11-16(15)18-17/h3-11,13H,12H2,1-2H3. The number of fused-ring (bicyclic) bond motifs is 1. The van der Waals surface area contributed by atoms with Gasteiger partial charge in [0.05, 0.1) is 5.36 Å². The lowest BCUT2D eigenvalue weighted by atomic mass is 9.99. The lowest BCUT2D eigenvalue weighted by Crippen LogP contribution is -2.41. The minimum absolute atomic E-state index is 0.259. The highest BCUT2D eigenvalue weighted by molar-refractivity contribution is 5.42. The fourth-order valence-electron chi connectivity index (χ4n) is 2.58. The van der Waals surface area contributed by atoms with Crippen molar-refractivity contribution in [2.45, 2.75) is 12.1 Å². The van der Waals surface area contributed by atoms with E-state index in [1.165, 1.54) is 10.8 Å². The van der Waals surface area contributed by atoms with Gasteiger partial charge >= 0.3 is 0 Å². The molecular formula is C17H18N2. The van der Waals surface area contributed by atoms with Crippen LogP contribution in [0.15, 0.2) is 59.6 Å². The average molecular weight is 250 g/mol. The Morgan fingerprint density at radius 1 is 0.947 bits per heavy atom. The molecule has 0 N–H and O–H groups in total. The monoisotopic (exact) mass is 250 g/mol. The number of para-hydroxylation sites is 1. The van der Waals surface area contributed by atoms with Crippen molar-refractivity contribution in [1.82, 2.24) is 4.90 Å². The number of nitrogens with zero attached hydrogens (tertiary/aromatic N) is 2. The maximum absolute atomic E-state index is 4.95. The fraction of sp³-hybridized carbons (Fsp3) is 0.235. The van der Waals surface area contributed by atoms with Crippen molar-refractivity contribution in [2.24, 2.45) is 4.99 Å². The number of likely N-dealkylation sites (N-methyl/N-ethyl adjacent to an activating group) is 1. The van der Waals surface area contributed by atoms with E-state index in [1.54, 1.807) is 0 Å². The summed E-state index contributed by atoms with van der Waals surface area (Å²) in [6, 6.07) is 18.9. The summed E-state index contributed by atoms with van der Waals surface area (Å²) in [5, 5.41) is 2.32. The molecule has 0 saturated heterocycles. The first-order valence-electron chi connectivity index (χ1n) is 6.59. The molecule has 0 bridgehead atoms. The Bertz CT molecular complexity index is 652. The second-order valence-corrected chi connectivity index (χ2v) is 5.25. The summed E-state index contributed by atoms with van der Waals surface area (Å²) < 4.78 is 0. The lowest BCUT2D eigenvalue weighted by Gasteiger charge is -2.32. The van der Waals surface area contributed by atoms with E-state index in [9.17, 15) is 0 Å². The Morgan fingerprint density at radius 2 is 1.63 bits per heavy atom. The van der Waals surface area contributed by atoms with Gasteiger partial charge in [-0.3, -0.25) is 9.89 Å². The van der Waals surface area contributed by atoms with Crippen molar-refractivity contribution in [3.63, 3.8) is 0 Å². The van der Waals surface area contributed by atoms with Crippen LogP contribution in [0, 0.1) is 0 Å². The fourth-order valence-corrected chi connectivity index (χ4v) is 2.58. The second-order valence-electron chi connectivity index (χ2n) is 5.25. The van der Waals surface area contributed by atoms with Crippen molar-refractivity contribution in [3.05, 3.63) is 70.7 Å². The summed E-state index contributed by atoms with van der Waals surface area (Å²) in [6.45, 7) is 0. The highest BCUT2D eigenvalue weighted by Gasteiger charge is 2.31. The molecule has 1 unspecified atom stereocenters. The molecule has 2 aromatic carbocycles. The quantitative estimate of drug-likeness (QED) is 0.808. The van der Waals surface area contributed by atoms with E-state index in [2.05, 4.69) is 73.6 Å². The van der Waals surface area contributed by atoms with E-state index < -0.39 is 0 Å². The van der Waals surface area contributed by atoms with E-state index in [0.29, 0.717) is 0 Å². The summed E-state index contributed by atoms with van der Waals surface area (Å²) in [5.41, 5.74) is 1.05. The predicted molar refractivity (Wildman–Crippen MR) is 78.3 cm³/mol. The zero-order valence-electron chi connectivity index (χ0n) is 11.4. The summed E-state index contributed by atoms with van der Waals surface area (Å²) in [6.07, 6.45) is 3.17. The van der Waals surface area contributed by atoms with Crippen LogP contribution in [0.5, 0.6) is 0 Å². The van der Waals surface area contributed by atoms with E-state index >= 15 is 0 Å². The molecule has 1 atom stereocenters. The highest BCUT2D eigenvalue weighted by atomic mass is 15.3. The molecule has 96 valence electrons. The predicted octanol–water partition coefficient (Wildman–Crippen LogP) is 1.60. The molecule has 0 aromatic heterocycles. The van der Waals surface area contributed by atoms with Crippen LogP contribution in [0.4, 0.5) is 0 Å². The van der Waals surface area contributed by atoms with Gasteiger partial charge in [-0.15, -0.1) is 0 Å². The third kappa shape index (κ3) is 2.20. The third-order valence-corrected chi connectivity index (χ3v) is 3.72. The molecular weight excluding hydrogens is 232 g/mol. The smallest absolute Gasteiger partial charge is 0.137 e.